The summed E-state index contributed by atoms with van der Waals surface area (Å²) in [5.74, 6) is -0.0806. The molecule has 0 aliphatic carbocycles. The predicted octanol–water partition coefficient (Wildman–Crippen LogP) is 5.57. The van der Waals surface area contributed by atoms with E-state index < -0.39 is 0 Å². The molecule has 0 spiro atoms. The number of nitrogens with one attached hydrogen (secondary N) is 1. The number of halogens is 3. The van der Waals surface area contributed by atoms with Gasteiger partial charge in [0.25, 0.3) is 5.91 Å². The molecule has 0 bridgehead atoms. The fraction of sp³-hybridized carbons (Fsp3) is 0. The maximum atomic E-state index is 12.1. The lowest BCUT2D eigenvalue weighted by Crippen LogP contribution is -2.19. The number of aliphatic imine (C=N–C) groups is 1. The molecule has 1 heterocycles. The largest absolute Gasteiger partial charge is 0.506 e. The predicted molar refractivity (Wildman–Crippen MR) is 108 cm³/mol. The van der Waals surface area contributed by atoms with E-state index >= 15 is 0 Å². The van der Waals surface area contributed by atoms with E-state index in [2.05, 4.69) is 58.1 Å². The van der Waals surface area contributed by atoms with Crippen molar-refractivity contribution < 1.29 is 9.90 Å². The van der Waals surface area contributed by atoms with Gasteiger partial charge in [-0.1, -0.05) is 12.1 Å². The maximum Gasteiger partial charge on any atom is 0.264 e. The summed E-state index contributed by atoms with van der Waals surface area (Å²) < 4.78 is 1.96. The highest BCUT2D eigenvalue weighted by atomic mass is 79.9. The molecule has 122 valence electrons. The third-order valence-electron chi connectivity index (χ3n) is 3.06. The van der Waals surface area contributed by atoms with Gasteiger partial charge >= 0.3 is 0 Å². The standard InChI is InChI=1S/C16H9Br3N2O2S/c17-9-3-1-2-4-12(9)20-16-21-15(23)13(24-16)7-8-5-10(18)14(22)11(19)6-8/h1-7,22H,(H,20,21,23)/b13-7+. The summed E-state index contributed by atoms with van der Waals surface area (Å²) in [4.78, 5) is 17.1. The van der Waals surface area contributed by atoms with Crippen molar-refractivity contribution in [2.45, 2.75) is 0 Å². The van der Waals surface area contributed by atoms with E-state index in [-0.39, 0.29) is 11.7 Å². The zero-order valence-corrected chi connectivity index (χ0v) is 17.5. The molecule has 2 aromatic rings. The van der Waals surface area contributed by atoms with Gasteiger partial charge in [0.2, 0.25) is 0 Å². The average Bonchev–Trinajstić information content (AvgIpc) is 2.87. The van der Waals surface area contributed by atoms with Crippen LogP contribution in [0.15, 0.2) is 59.7 Å². The number of para-hydroxylation sites is 1. The molecule has 0 aromatic heterocycles. The van der Waals surface area contributed by atoms with E-state index in [4.69, 9.17) is 0 Å². The van der Waals surface area contributed by atoms with Gasteiger partial charge in [0.15, 0.2) is 5.17 Å². The Kier molecular flexibility index (Phi) is 5.49. The van der Waals surface area contributed by atoms with Crippen LogP contribution < -0.4 is 5.32 Å². The number of amidine groups is 1. The summed E-state index contributed by atoms with van der Waals surface area (Å²) in [7, 11) is 0. The second-order valence-electron chi connectivity index (χ2n) is 4.77. The van der Waals surface area contributed by atoms with Crippen molar-refractivity contribution in [2.24, 2.45) is 4.99 Å². The van der Waals surface area contributed by atoms with Gasteiger partial charge < -0.3 is 10.4 Å². The lowest BCUT2D eigenvalue weighted by Gasteiger charge is -2.02. The van der Waals surface area contributed by atoms with Crippen LogP contribution in [0.4, 0.5) is 5.69 Å². The minimum Gasteiger partial charge on any atom is -0.506 e. The lowest BCUT2D eigenvalue weighted by atomic mass is 10.2. The van der Waals surface area contributed by atoms with Crippen LogP contribution in [0.5, 0.6) is 5.75 Å². The maximum absolute atomic E-state index is 12.1. The van der Waals surface area contributed by atoms with Crippen molar-refractivity contribution >= 4 is 82.4 Å². The van der Waals surface area contributed by atoms with Crippen LogP contribution in [0.3, 0.4) is 0 Å². The lowest BCUT2D eigenvalue weighted by molar-refractivity contribution is -0.115. The Bertz CT molecular complexity index is 874. The molecule has 1 aliphatic heterocycles. The Labute approximate surface area is 167 Å². The molecule has 0 atom stereocenters. The highest BCUT2D eigenvalue weighted by Gasteiger charge is 2.24. The van der Waals surface area contributed by atoms with Crippen LogP contribution >= 0.6 is 59.6 Å². The molecule has 8 heteroatoms. The normalized spacial score (nSPS) is 17.5. The van der Waals surface area contributed by atoms with E-state index in [0.29, 0.717) is 19.0 Å². The zero-order chi connectivity index (χ0) is 17.3. The molecule has 3 rings (SSSR count). The van der Waals surface area contributed by atoms with Gasteiger partial charge in [-0.25, -0.2) is 4.99 Å². The van der Waals surface area contributed by atoms with Crippen LogP contribution in [0, 0.1) is 0 Å². The molecule has 2 N–H and O–H groups in total. The monoisotopic (exact) mass is 530 g/mol. The van der Waals surface area contributed by atoms with Crippen molar-refractivity contribution in [2.75, 3.05) is 0 Å². The number of carbonyl (C=O) groups is 1. The minimum atomic E-state index is -0.203. The first-order valence-corrected chi connectivity index (χ1v) is 9.86. The number of rotatable bonds is 2. The quantitative estimate of drug-likeness (QED) is 0.497. The molecule has 1 amide bonds. The fourth-order valence-electron chi connectivity index (χ4n) is 1.95. The highest BCUT2D eigenvalue weighted by Crippen LogP contribution is 2.36. The minimum absolute atomic E-state index is 0.122. The van der Waals surface area contributed by atoms with Crippen molar-refractivity contribution in [1.82, 2.24) is 5.32 Å². The third-order valence-corrected chi connectivity index (χ3v) is 5.85. The first-order chi connectivity index (χ1) is 11.4. The number of aromatic hydroxyl groups is 1. The Morgan fingerprint density at radius 3 is 2.42 bits per heavy atom. The van der Waals surface area contributed by atoms with E-state index in [9.17, 15) is 9.90 Å². The van der Waals surface area contributed by atoms with Crippen molar-refractivity contribution in [1.29, 1.82) is 0 Å². The number of hydrogen-bond donors (Lipinski definition) is 2. The number of benzene rings is 2. The number of phenols is 1. The molecule has 1 saturated heterocycles. The number of hydrogen-bond acceptors (Lipinski definition) is 4. The molecule has 1 aliphatic rings. The molecule has 0 saturated carbocycles. The Hall–Kier alpha value is -1.09. The van der Waals surface area contributed by atoms with E-state index in [0.717, 1.165) is 15.7 Å². The summed E-state index contributed by atoms with van der Waals surface area (Å²) >= 11 is 11.3. The SMILES string of the molecule is O=C1NC(=Nc2ccccc2Br)S/C1=C/c1cc(Br)c(O)c(Br)c1. The number of thioether (sulfide) groups is 1. The van der Waals surface area contributed by atoms with Crippen LogP contribution in [-0.2, 0) is 4.79 Å². The summed E-state index contributed by atoms with van der Waals surface area (Å²) in [5, 5.41) is 13.0. The molecule has 2 aromatic carbocycles. The van der Waals surface area contributed by atoms with Crippen LogP contribution in [0.2, 0.25) is 0 Å². The van der Waals surface area contributed by atoms with Crippen LogP contribution in [-0.4, -0.2) is 16.2 Å². The summed E-state index contributed by atoms with van der Waals surface area (Å²) in [6.07, 6.45) is 1.75. The first kappa shape index (κ1) is 17.7. The van der Waals surface area contributed by atoms with Gasteiger partial charge in [-0.3, -0.25) is 4.79 Å². The van der Waals surface area contributed by atoms with Gasteiger partial charge in [-0.2, -0.15) is 0 Å². The zero-order valence-electron chi connectivity index (χ0n) is 11.9. The molecule has 0 radical (unpaired) electrons. The van der Waals surface area contributed by atoms with Crippen molar-refractivity contribution in [3.05, 3.63) is 60.3 Å². The van der Waals surface area contributed by atoms with Gasteiger partial charge in [-0.15, -0.1) is 0 Å². The summed E-state index contributed by atoms with van der Waals surface area (Å²) in [6.45, 7) is 0. The Morgan fingerprint density at radius 1 is 1.08 bits per heavy atom. The van der Waals surface area contributed by atoms with E-state index in [1.165, 1.54) is 11.8 Å². The fourth-order valence-corrected chi connectivity index (χ4v) is 4.38. The van der Waals surface area contributed by atoms with Crippen LogP contribution in [0.1, 0.15) is 5.56 Å². The van der Waals surface area contributed by atoms with Gasteiger partial charge in [0.05, 0.1) is 19.5 Å². The Balaban J connectivity index is 1.89. The number of nitrogens with zero attached hydrogens (tertiary/aromatic N) is 1. The Morgan fingerprint density at radius 2 is 1.75 bits per heavy atom. The second-order valence-corrected chi connectivity index (χ2v) is 8.36. The highest BCUT2D eigenvalue weighted by molar-refractivity contribution is 9.11. The number of amides is 1. The number of carbonyl (C=O) groups excluding carboxylic acids is 1. The third kappa shape index (κ3) is 3.93. The average molecular weight is 533 g/mol. The smallest absolute Gasteiger partial charge is 0.264 e. The van der Waals surface area contributed by atoms with Gasteiger partial charge in [0, 0.05) is 4.47 Å². The van der Waals surface area contributed by atoms with Gasteiger partial charge in [-0.05, 0) is 95.5 Å². The molecule has 1 fully saturated rings. The molecule has 4 nitrogen and oxygen atoms in total. The van der Waals surface area contributed by atoms with Crippen LogP contribution in [0.25, 0.3) is 6.08 Å². The topological polar surface area (TPSA) is 61.7 Å². The summed E-state index contributed by atoms with van der Waals surface area (Å²) in [6, 6.07) is 11.0. The molecular formula is C16H9Br3N2O2S. The first-order valence-electron chi connectivity index (χ1n) is 6.66. The van der Waals surface area contributed by atoms with Crippen molar-refractivity contribution in [3.63, 3.8) is 0 Å². The summed E-state index contributed by atoms with van der Waals surface area (Å²) in [5.41, 5.74) is 1.53. The second kappa shape index (κ2) is 7.43. The van der Waals surface area contributed by atoms with E-state index in [1.54, 1.807) is 18.2 Å². The molecular weight excluding hydrogens is 524 g/mol. The van der Waals surface area contributed by atoms with E-state index in [1.807, 2.05) is 24.3 Å². The van der Waals surface area contributed by atoms with Crippen molar-refractivity contribution in [3.8, 4) is 5.75 Å². The molecule has 24 heavy (non-hydrogen) atoms. The number of phenolic OH excluding ortho intramolecular Hbond substituents is 1. The van der Waals surface area contributed by atoms with Gasteiger partial charge in [0.1, 0.15) is 5.75 Å². The molecule has 0 unspecified atom stereocenters.